The van der Waals surface area contributed by atoms with E-state index in [4.69, 9.17) is 4.65 Å². The number of aromatic nitrogens is 2. The van der Waals surface area contributed by atoms with Gasteiger partial charge in [-0.25, -0.2) is 4.98 Å². The van der Waals surface area contributed by atoms with Crippen molar-refractivity contribution in [3.8, 4) is 0 Å². The van der Waals surface area contributed by atoms with Crippen molar-refractivity contribution in [1.82, 2.24) is 9.55 Å². The van der Waals surface area contributed by atoms with Crippen molar-refractivity contribution in [2.45, 2.75) is 52.7 Å². The first-order valence-electron chi connectivity index (χ1n) is 9.56. The Labute approximate surface area is 159 Å². The molecule has 0 unspecified atom stereocenters. The molecule has 4 heterocycles. The zero-order valence-corrected chi connectivity index (χ0v) is 16.2. The van der Waals surface area contributed by atoms with E-state index in [1.54, 1.807) is 17.2 Å². The van der Waals surface area contributed by atoms with Crippen LogP contribution in [0.4, 0.5) is 5.82 Å². The quantitative estimate of drug-likeness (QED) is 0.780. The number of anilines is 1. The molecule has 0 aromatic carbocycles. The minimum absolute atomic E-state index is 0.0217. The third kappa shape index (κ3) is 2.34. The Kier molecular flexibility index (Phi) is 3.30. The number of nitrogens with zero attached hydrogens (tertiary/aromatic N) is 3. The van der Waals surface area contributed by atoms with Crippen molar-refractivity contribution >= 4 is 24.3 Å². The van der Waals surface area contributed by atoms with Crippen LogP contribution >= 0.6 is 0 Å². The molecule has 2 aromatic heterocycles. The molecule has 0 atom stereocenters. The second kappa shape index (κ2) is 5.23. The summed E-state index contributed by atoms with van der Waals surface area (Å²) in [5.74, 6) is 0.582. The van der Waals surface area contributed by atoms with Crippen molar-refractivity contribution in [2.24, 2.45) is 5.41 Å². The van der Waals surface area contributed by atoms with Gasteiger partial charge in [0.05, 0.1) is 5.60 Å². The van der Waals surface area contributed by atoms with Gasteiger partial charge in [-0.2, -0.15) is 0 Å². The molecular weight excluding hydrogens is 341 g/mol. The maximum Gasteiger partial charge on any atom is 0.492 e. The molecule has 0 radical (unpaired) electrons. The second-order valence-corrected chi connectivity index (χ2v) is 9.21. The Morgan fingerprint density at radius 1 is 1.22 bits per heavy atom. The molecule has 2 aliphatic heterocycles. The molecule has 0 bridgehead atoms. The van der Waals surface area contributed by atoms with Gasteiger partial charge >= 0.3 is 7.12 Å². The van der Waals surface area contributed by atoms with E-state index >= 15 is 0 Å². The molecule has 0 saturated heterocycles. The standard InChI is InChI=1S/C20H24BN3O3/c1-19(2)10-12-9-14-18(25)24(8-7-23(14)15(12)11-19)17-16-13(5-6-22-17)21(26)27-20(16,3)4/h5-6,9,26H,7-8,10-11H2,1-4H3. The molecule has 27 heavy (non-hydrogen) atoms. The van der Waals surface area contributed by atoms with E-state index in [9.17, 15) is 9.82 Å². The number of carbonyl (C=O) groups excluding carboxylic acids is 1. The van der Waals surface area contributed by atoms with Gasteiger partial charge < -0.3 is 14.2 Å². The number of pyridine rings is 1. The topological polar surface area (TPSA) is 67.6 Å². The highest BCUT2D eigenvalue weighted by Crippen LogP contribution is 2.41. The Bertz CT molecular complexity index is 979. The molecule has 140 valence electrons. The molecule has 1 aliphatic carbocycles. The predicted octanol–water partition coefficient (Wildman–Crippen LogP) is 1.62. The van der Waals surface area contributed by atoms with Crippen LogP contribution in [0.2, 0.25) is 0 Å². The summed E-state index contributed by atoms with van der Waals surface area (Å²) in [5.41, 5.74) is 4.44. The summed E-state index contributed by atoms with van der Waals surface area (Å²) >= 11 is 0. The first kappa shape index (κ1) is 17.0. The number of carbonyl (C=O) groups is 1. The molecule has 3 aliphatic rings. The molecule has 5 rings (SSSR count). The molecular formula is C20H24BN3O3. The summed E-state index contributed by atoms with van der Waals surface area (Å²) in [6.45, 7) is 9.70. The third-order valence-electron chi connectivity index (χ3n) is 6.12. The van der Waals surface area contributed by atoms with E-state index in [0.717, 1.165) is 30.6 Å². The average Bonchev–Trinajstić information content (AvgIpc) is 3.14. The summed E-state index contributed by atoms with van der Waals surface area (Å²) in [5, 5.41) is 10.2. The number of hydrogen-bond donors (Lipinski definition) is 1. The van der Waals surface area contributed by atoms with E-state index in [-0.39, 0.29) is 11.3 Å². The summed E-state index contributed by atoms with van der Waals surface area (Å²) in [6, 6.07) is 3.84. The lowest BCUT2D eigenvalue weighted by Crippen LogP contribution is -2.43. The highest BCUT2D eigenvalue weighted by molar-refractivity contribution is 6.62. The number of rotatable bonds is 1. The minimum atomic E-state index is -0.980. The lowest BCUT2D eigenvalue weighted by atomic mass is 9.79. The fraction of sp³-hybridized carbons (Fsp3) is 0.500. The van der Waals surface area contributed by atoms with Crippen LogP contribution in [0, 0.1) is 5.41 Å². The van der Waals surface area contributed by atoms with E-state index < -0.39 is 12.7 Å². The van der Waals surface area contributed by atoms with Crippen LogP contribution in [0.3, 0.4) is 0 Å². The van der Waals surface area contributed by atoms with Gasteiger partial charge in [0.25, 0.3) is 5.91 Å². The van der Waals surface area contributed by atoms with Crippen LogP contribution in [0.15, 0.2) is 18.3 Å². The van der Waals surface area contributed by atoms with E-state index in [1.165, 1.54) is 11.3 Å². The van der Waals surface area contributed by atoms with Crippen molar-refractivity contribution in [2.75, 3.05) is 11.4 Å². The summed E-state index contributed by atoms with van der Waals surface area (Å²) in [4.78, 5) is 19.6. The van der Waals surface area contributed by atoms with E-state index in [0.29, 0.717) is 17.8 Å². The van der Waals surface area contributed by atoms with Crippen LogP contribution in [-0.2, 0) is 29.6 Å². The zero-order valence-electron chi connectivity index (χ0n) is 16.2. The van der Waals surface area contributed by atoms with Crippen LogP contribution in [0.25, 0.3) is 0 Å². The second-order valence-electron chi connectivity index (χ2n) is 9.21. The molecule has 2 aromatic rings. The van der Waals surface area contributed by atoms with Gasteiger partial charge in [0.1, 0.15) is 11.5 Å². The lowest BCUT2D eigenvalue weighted by Gasteiger charge is -2.32. The summed E-state index contributed by atoms with van der Waals surface area (Å²) in [6.07, 6.45) is 3.68. The number of hydrogen-bond acceptors (Lipinski definition) is 4. The van der Waals surface area contributed by atoms with Crippen LogP contribution in [0.5, 0.6) is 0 Å². The predicted molar refractivity (Wildman–Crippen MR) is 103 cm³/mol. The Hall–Kier alpha value is -2.12. The fourth-order valence-corrected chi connectivity index (χ4v) is 5.01. The maximum absolute atomic E-state index is 13.3. The van der Waals surface area contributed by atoms with Crippen molar-refractivity contribution < 1.29 is 14.5 Å². The monoisotopic (exact) mass is 365 g/mol. The Balaban J connectivity index is 1.57. The van der Waals surface area contributed by atoms with Gasteiger partial charge in [0.2, 0.25) is 0 Å². The highest BCUT2D eigenvalue weighted by atomic mass is 16.5. The van der Waals surface area contributed by atoms with Gasteiger partial charge in [0, 0.05) is 30.5 Å². The smallest absolute Gasteiger partial charge is 0.423 e. The first-order valence-corrected chi connectivity index (χ1v) is 9.56. The number of fused-ring (bicyclic) bond motifs is 4. The molecule has 6 nitrogen and oxygen atoms in total. The largest absolute Gasteiger partial charge is 0.492 e. The Morgan fingerprint density at radius 2 is 2.00 bits per heavy atom. The molecule has 0 spiro atoms. The van der Waals surface area contributed by atoms with Crippen molar-refractivity contribution in [3.05, 3.63) is 40.8 Å². The van der Waals surface area contributed by atoms with Crippen LogP contribution < -0.4 is 10.4 Å². The van der Waals surface area contributed by atoms with Crippen LogP contribution in [0.1, 0.15) is 55.0 Å². The average molecular weight is 365 g/mol. The third-order valence-corrected chi connectivity index (χ3v) is 6.12. The van der Waals surface area contributed by atoms with Gasteiger partial charge in [-0.15, -0.1) is 0 Å². The van der Waals surface area contributed by atoms with Gasteiger partial charge in [0.15, 0.2) is 0 Å². The van der Waals surface area contributed by atoms with E-state index in [1.807, 2.05) is 13.8 Å². The van der Waals surface area contributed by atoms with Gasteiger partial charge in [-0.3, -0.25) is 9.69 Å². The molecule has 0 saturated carbocycles. The molecule has 1 amide bonds. The molecule has 1 N–H and O–H groups in total. The lowest BCUT2D eigenvalue weighted by molar-refractivity contribution is 0.0951. The summed E-state index contributed by atoms with van der Waals surface area (Å²) in [7, 11) is -0.980. The minimum Gasteiger partial charge on any atom is -0.423 e. The van der Waals surface area contributed by atoms with Gasteiger partial charge in [-0.1, -0.05) is 13.8 Å². The van der Waals surface area contributed by atoms with E-state index in [2.05, 4.69) is 29.5 Å². The van der Waals surface area contributed by atoms with Crippen molar-refractivity contribution in [1.29, 1.82) is 0 Å². The van der Waals surface area contributed by atoms with Crippen molar-refractivity contribution in [3.63, 3.8) is 0 Å². The van der Waals surface area contributed by atoms with Crippen LogP contribution in [-0.4, -0.2) is 34.1 Å². The number of amides is 1. The fourth-order valence-electron chi connectivity index (χ4n) is 5.01. The summed E-state index contributed by atoms with van der Waals surface area (Å²) < 4.78 is 7.90. The maximum atomic E-state index is 13.3. The molecule has 0 fully saturated rings. The SMILES string of the molecule is CC1(C)Cc2cc3n(c2C1)CCN(c1nccc2c1C(C)(C)OB2O)C3=O. The highest BCUT2D eigenvalue weighted by Gasteiger charge is 2.45. The Morgan fingerprint density at radius 3 is 2.78 bits per heavy atom. The van der Waals surface area contributed by atoms with Gasteiger partial charge in [-0.05, 0) is 55.3 Å². The normalized spacial score (nSPS) is 22.0. The zero-order chi connectivity index (χ0) is 19.1. The first-order chi connectivity index (χ1) is 12.7. The molecule has 7 heteroatoms.